The van der Waals surface area contributed by atoms with Gasteiger partial charge in [0.1, 0.15) is 0 Å². The van der Waals surface area contributed by atoms with Crippen molar-refractivity contribution in [1.82, 2.24) is 4.90 Å². The predicted molar refractivity (Wildman–Crippen MR) is 103 cm³/mol. The zero-order valence-corrected chi connectivity index (χ0v) is 15.8. The Morgan fingerprint density at radius 2 is 1.69 bits per heavy atom. The van der Waals surface area contributed by atoms with Crippen LogP contribution in [0, 0.1) is 0 Å². The van der Waals surface area contributed by atoms with Gasteiger partial charge in [0, 0.05) is 29.4 Å². The molecule has 1 saturated heterocycles. The first-order valence-electron chi connectivity index (χ1n) is 9.74. The quantitative estimate of drug-likeness (QED) is 0.792. The summed E-state index contributed by atoms with van der Waals surface area (Å²) in [7, 11) is 0. The van der Waals surface area contributed by atoms with Crippen LogP contribution in [0.2, 0.25) is 5.02 Å². The number of likely N-dealkylation sites (tertiary alicyclic amines) is 1. The van der Waals surface area contributed by atoms with E-state index in [4.69, 9.17) is 11.6 Å². The standard InChI is InChI=1S/C21H25ClN2O2/c22-15-8-10-16(11-9-15)24-19(14-20(25)23-12-4-1-5-13-23)17-6-2-3-7-18(17)21(24)26/h8-11,19H,1-7,12-14H2. The Balaban J connectivity index is 1.62. The van der Waals surface area contributed by atoms with Crippen molar-refractivity contribution >= 4 is 29.1 Å². The van der Waals surface area contributed by atoms with Crippen molar-refractivity contribution in [2.75, 3.05) is 18.0 Å². The molecule has 0 N–H and O–H groups in total. The number of benzene rings is 1. The maximum Gasteiger partial charge on any atom is 0.254 e. The highest BCUT2D eigenvalue weighted by Crippen LogP contribution is 2.40. The summed E-state index contributed by atoms with van der Waals surface area (Å²) in [4.78, 5) is 29.8. The average molecular weight is 373 g/mol. The SMILES string of the molecule is O=C(CC1C2=C(CCCC2)C(=O)N1c1ccc(Cl)cc1)N1CCCCC1. The van der Waals surface area contributed by atoms with Crippen LogP contribution in [0.1, 0.15) is 51.4 Å². The van der Waals surface area contributed by atoms with Crippen molar-refractivity contribution in [3.63, 3.8) is 0 Å². The maximum absolute atomic E-state index is 13.1. The number of hydrogen-bond donors (Lipinski definition) is 0. The lowest BCUT2D eigenvalue weighted by Crippen LogP contribution is -2.42. The van der Waals surface area contributed by atoms with Crippen LogP contribution in [-0.4, -0.2) is 35.8 Å². The van der Waals surface area contributed by atoms with Crippen molar-refractivity contribution in [2.45, 2.75) is 57.4 Å². The molecule has 138 valence electrons. The summed E-state index contributed by atoms with van der Waals surface area (Å²) < 4.78 is 0. The molecule has 5 heteroatoms. The van der Waals surface area contributed by atoms with E-state index in [2.05, 4.69) is 0 Å². The number of carbonyl (C=O) groups is 2. The van der Waals surface area contributed by atoms with Crippen LogP contribution in [0.3, 0.4) is 0 Å². The van der Waals surface area contributed by atoms with Crippen molar-refractivity contribution in [1.29, 1.82) is 0 Å². The minimum atomic E-state index is -0.131. The number of nitrogens with zero attached hydrogens (tertiary/aromatic N) is 2. The Morgan fingerprint density at radius 1 is 1.00 bits per heavy atom. The topological polar surface area (TPSA) is 40.6 Å². The monoisotopic (exact) mass is 372 g/mol. The molecule has 0 bridgehead atoms. The second-order valence-electron chi connectivity index (χ2n) is 7.52. The molecule has 1 aromatic carbocycles. The van der Waals surface area contributed by atoms with E-state index in [0.717, 1.165) is 62.9 Å². The van der Waals surface area contributed by atoms with Gasteiger partial charge in [0.15, 0.2) is 0 Å². The largest absolute Gasteiger partial charge is 0.343 e. The second kappa shape index (κ2) is 7.43. The third-order valence-corrected chi connectivity index (χ3v) is 6.13. The molecule has 1 atom stereocenters. The van der Waals surface area contributed by atoms with E-state index in [1.807, 2.05) is 34.1 Å². The van der Waals surface area contributed by atoms with Gasteiger partial charge in [-0.15, -0.1) is 0 Å². The smallest absolute Gasteiger partial charge is 0.254 e. The molecule has 1 aromatic rings. The van der Waals surface area contributed by atoms with Crippen LogP contribution >= 0.6 is 11.6 Å². The minimum absolute atomic E-state index is 0.0819. The van der Waals surface area contributed by atoms with Crippen LogP contribution in [0.15, 0.2) is 35.4 Å². The Kier molecular flexibility index (Phi) is 5.03. The fourth-order valence-electron chi connectivity index (χ4n) is 4.53. The molecule has 0 aromatic heterocycles. The molecule has 2 heterocycles. The van der Waals surface area contributed by atoms with E-state index in [0.29, 0.717) is 11.4 Å². The molecule has 1 aliphatic carbocycles. The minimum Gasteiger partial charge on any atom is -0.343 e. The molecule has 4 nitrogen and oxygen atoms in total. The first kappa shape index (κ1) is 17.6. The number of piperidine rings is 1. The van der Waals surface area contributed by atoms with Gasteiger partial charge in [-0.3, -0.25) is 9.59 Å². The van der Waals surface area contributed by atoms with Gasteiger partial charge in [-0.25, -0.2) is 0 Å². The van der Waals surface area contributed by atoms with Crippen LogP contribution in [-0.2, 0) is 9.59 Å². The van der Waals surface area contributed by atoms with Crippen molar-refractivity contribution < 1.29 is 9.59 Å². The van der Waals surface area contributed by atoms with E-state index in [-0.39, 0.29) is 17.9 Å². The Hall–Kier alpha value is -1.81. The molecule has 0 saturated carbocycles. The van der Waals surface area contributed by atoms with Crippen LogP contribution in [0.25, 0.3) is 0 Å². The summed E-state index contributed by atoms with van der Waals surface area (Å²) in [5.74, 6) is 0.263. The number of amides is 2. The van der Waals surface area contributed by atoms with Gasteiger partial charge in [0.05, 0.1) is 12.5 Å². The van der Waals surface area contributed by atoms with E-state index < -0.39 is 0 Å². The Bertz CT molecular complexity index is 735. The lowest BCUT2D eigenvalue weighted by Gasteiger charge is -2.31. The number of rotatable bonds is 3. The maximum atomic E-state index is 13.1. The van der Waals surface area contributed by atoms with E-state index in [1.54, 1.807) is 0 Å². The van der Waals surface area contributed by atoms with Gasteiger partial charge in [-0.2, -0.15) is 0 Å². The molecule has 4 rings (SSSR count). The zero-order chi connectivity index (χ0) is 18.1. The van der Waals surface area contributed by atoms with Gasteiger partial charge in [-0.05, 0) is 74.8 Å². The summed E-state index contributed by atoms with van der Waals surface area (Å²) in [6, 6.07) is 7.26. The van der Waals surface area contributed by atoms with Gasteiger partial charge in [-0.1, -0.05) is 11.6 Å². The lowest BCUT2D eigenvalue weighted by atomic mass is 9.89. The average Bonchev–Trinajstić information content (AvgIpc) is 2.95. The molecule has 2 aliphatic heterocycles. The van der Waals surface area contributed by atoms with Gasteiger partial charge in [0.2, 0.25) is 5.91 Å². The van der Waals surface area contributed by atoms with Crippen molar-refractivity contribution in [2.24, 2.45) is 0 Å². The van der Waals surface area contributed by atoms with Crippen LogP contribution in [0.4, 0.5) is 5.69 Å². The van der Waals surface area contributed by atoms with E-state index in [1.165, 1.54) is 12.0 Å². The number of carbonyl (C=O) groups excluding carboxylic acids is 2. The van der Waals surface area contributed by atoms with E-state index in [9.17, 15) is 9.59 Å². The van der Waals surface area contributed by atoms with Crippen LogP contribution in [0.5, 0.6) is 0 Å². The first-order chi connectivity index (χ1) is 12.6. The molecule has 1 unspecified atom stereocenters. The van der Waals surface area contributed by atoms with Gasteiger partial charge >= 0.3 is 0 Å². The summed E-state index contributed by atoms with van der Waals surface area (Å²) in [6.07, 6.45) is 7.72. The van der Waals surface area contributed by atoms with Crippen molar-refractivity contribution in [3.8, 4) is 0 Å². The summed E-state index contributed by atoms with van der Waals surface area (Å²) in [6.45, 7) is 1.71. The highest BCUT2D eigenvalue weighted by atomic mass is 35.5. The molecular weight excluding hydrogens is 348 g/mol. The third kappa shape index (κ3) is 3.27. The lowest BCUT2D eigenvalue weighted by molar-refractivity contribution is -0.132. The molecule has 0 spiro atoms. The molecule has 0 radical (unpaired) electrons. The summed E-state index contributed by atoms with van der Waals surface area (Å²) >= 11 is 6.02. The molecule has 26 heavy (non-hydrogen) atoms. The highest BCUT2D eigenvalue weighted by Gasteiger charge is 2.41. The van der Waals surface area contributed by atoms with Crippen molar-refractivity contribution in [3.05, 3.63) is 40.4 Å². The Morgan fingerprint density at radius 3 is 2.42 bits per heavy atom. The number of halogens is 1. The molecule has 2 amide bonds. The molecular formula is C21H25ClN2O2. The fraction of sp³-hybridized carbons (Fsp3) is 0.524. The Labute approximate surface area is 159 Å². The normalized spacial score (nSPS) is 23.4. The number of hydrogen-bond acceptors (Lipinski definition) is 2. The second-order valence-corrected chi connectivity index (χ2v) is 7.96. The highest BCUT2D eigenvalue weighted by molar-refractivity contribution is 6.30. The predicted octanol–water partition coefficient (Wildman–Crippen LogP) is 4.33. The number of anilines is 1. The third-order valence-electron chi connectivity index (χ3n) is 5.88. The van der Waals surface area contributed by atoms with Gasteiger partial charge < -0.3 is 9.80 Å². The van der Waals surface area contributed by atoms with Gasteiger partial charge in [0.25, 0.3) is 5.91 Å². The van der Waals surface area contributed by atoms with Crippen LogP contribution < -0.4 is 4.90 Å². The zero-order valence-electron chi connectivity index (χ0n) is 15.0. The van der Waals surface area contributed by atoms with E-state index >= 15 is 0 Å². The first-order valence-corrected chi connectivity index (χ1v) is 10.1. The fourth-order valence-corrected chi connectivity index (χ4v) is 4.66. The molecule has 3 aliphatic rings. The summed E-state index contributed by atoms with van der Waals surface area (Å²) in [5, 5.41) is 0.652. The summed E-state index contributed by atoms with van der Waals surface area (Å²) in [5.41, 5.74) is 2.98. The molecule has 1 fully saturated rings.